The van der Waals surface area contributed by atoms with Gasteiger partial charge in [-0.25, -0.2) is 8.42 Å². The summed E-state index contributed by atoms with van der Waals surface area (Å²) < 4.78 is 84.3. The SMILES string of the molecule is O=S(=O)(c1ccc(I)cc1)N([O-])CCOS(=O)(=O)C(F)(F)F. The third kappa shape index (κ3) is 4.76. The Morgan fingerprint density at radius 3 is 2.09 bits per heavy atom. The summed E-state index contributed by atoms with van der Waals surface area (Å²) in [6.07, 6.45) is 0. The highest BCUT2D eigenvalue weighted by Gasteiger charge is 2.47. The summed E-state index contributed by atoms with van der Waals surface area (Å²) in [5, 5.41) is 11.5. The van der Waals surface area contributed by atoms with Gasteiger partial charge < -0.3 is 5.21 Å². The lowest BCUT2D eigenvalue weighted by atomic mass is 10.4. The van der Waals surface area contributed by atoms with Gasteiger partial charge in [0.1, 0.15) is 0 Å². The Morgan fingerprint density at radius 1 is 1.14 bits per heavy atom. The third-order valence-corrected chi connectivity index (χ3v) is 5.53. The van der Waals surface area contributed by atoms with Gasteiger partial charge in [0.2, 0.25) is 10.0 Å². The van der Waals surface area contributed by atoms with Crippen molar-refractivity contribution in [2.24, 2.45) is 0 Å². The molecule has 1 rings (SSSR count). The predicted molar refractivity (Wildman–Crippen MR) is 77.3 cm³/mol. The van der Waals surface area contributed by atoms with E-state index in [0.29, 0.717) is 3.57 Å². The molecule has 0 aliphatic heterocycles. The Balaban J connectivity index is 2.73. The fourth-order valence-corrected chi connectivity index (χ4v) is 2.95. The second kappa shape index (κ2) is 6.96. The molecule has 0 aliphatic carbocycles. The molecule has 1 aromatic rings. The maximum atomic E-state index is 12.0. The minimum atomic E-state index is -5.87. The second-order valence-corrected chi connectivity index (χ2v) is 8.39. The fraction of sp³-hybridized carbons (Fsp3) is 0.333. The van der Waals surface area contributed by atoms with Crippen molar-refractivity contribution in [2.45, 2.75) is 10.4 Å². The van der Waals surface area contributed by atoms with Crippen LogP contribution in [-0.2, 0) is 24.3 Å². The van der Waals surface area contributed by atoms with Crippen LogP contribution in [0.1, 0.15) is 0 Å². The predicted octanol–water partition coefficient (Wildman–Crippen LogP) is 1.65. The molecule has 0 saturated heterocycles. The Bertz CT molecular complexity index is 717. The van der Waals surface area contributed by atoms with Crippen molar-refractivity contribution >= 4 is 42.7 Å². The summed E-state index contributed by atoms with van der Waals surface area (Å²) in [7, 11) is -10.4. The molecular weight excluding hydrogens is 466 g/mol. The third-order valence-electron chi connectivity index (χ3n) is 2.18. The maximum Gasteiger partial charge on any atom is 0.523 e. The molecule has 1 aromatic carbocycles. The number of hydrogen-bond acceptors (Lipinski definition) is 6. The molecule has 0 atom stereocenters. The first-order valence-corrected chi connectivity index (χ1v) is 9.22. The molecule has 0 radical (unpaired) electrons. The van der Waals surface area contributed by atoms with Gasteiger partial charge in [0.05, 0.1) is 11.5 Å². The van der Waals surface area contributed by atoms with Crippen molar-refractivity contribution in [1.82, 2.24) is 4.47 Å². The van der Waals surface area contributed by atoms with Crippen molar-refractivity contribution in [3.8, 4) is 0 Å². The highest BCUT2D eigenvalue weighted by molar-refractivity contribution is 14.1. The van der Waals surface area contributed by atoms with E-state index in [1.807, 2.05) is 22.6 Å². The van der Waals surface area contributed by atoms with E-state index >= 15 is 0 Å². The number of halogens is 4. The monoisotopic (exact) mass is 474 g/mol. The van der Waals surface area contributed by atoms with Crippen LogP contribution in [0.15, 0.2) is 29.2 Å². The van der Waals surface area contributed by atoms with E-state index in [0.717, 1.165) is 12.1 Å². The van der Waals surface area contributed by atoms with Crippen LogP contribution in [-0.4, -0.2) is 40.0 Å². The Kier molecular flexibility index (Phi) is 6.19. The Morgan fingerprint density at radius 2 is 1.64 bits per heavy atom. The molecule has 0 bridgehead atoms. The number of sulfonamides is 1. The van der Waals surface area contributed by atoms with Crippen LogP contribution in [0.4, 0.5) is 13.2 Å². The van der Waals surface area contributed by atoms with Crippen LogP contribution in [0.5, 0.6) is 0 Å². The second-order valence-electron chi connectivity index (χ2n) is 3.71. The first-order valence-electron chi connectivity index (χ1n) is 5.29. The van der Waals surface area contributed by atoms with Gasteiger partial charge in [-0.1, -0.05) is 0 Å². The van der Waals surface area contributed by atoms with E-state index in [9.17, 15) is 35.2 Å². The van der Waals surface area contributed by atoms with Crippen LogP contribution in [0.3, 0.4) is 0 Å². The normalized spacial score (nSPS) is 13.5. The van der Waals surface area contributed by atoms with Gasteiger partial charge in [-0.2, -0.15) is 21.6 Å². The molecule has 7 nitrogen and oxygen atoms in total. The molecule has 0 aromatic heterocycles. The van der Waals surface area contributed by atoms with Crippen molar-refractivity contribution in [2.75, 3.05) is 13.2 Å². The molecule has 0 N–H and O–H groups in total. The number of hydroxylamine groups is 1. The van der Waals surface area contributed by atoms with Gasteiger partial charge in [-0.15, -0.1) is 0 Å². The highest BCUT2D eigenvalue weighted by Crippen LogP contribution is 2.24. The van der Waals surface area contributed by atoms with Crippen LogP contribution in [0.25, 0.3) is 0 Å². The van der Waals surface area contributed by atoms with E-state index in [4.69, 9.17) is 0 Å². The van der Waals surface area contributed by atoms with Crippen LogP contribution >= 0.6 is 22.6 Å². The number of nitrogens with zero attached hydrogens (tertiary/aromatic N) is 1. The topological polar surface area (TPSA) is 104 Å². The first-order chi connectivity index (χ1) is 9.88. The summed E-state index contributed by atoms with van der Waals surface area (Å²) in [4.78, 5) is -0.374. The van der Waals surface area contributed by atoms with Gasteiger partial charge >= 0.3 is 15.6 Å². The lowest BCUT2D eigenvalue weighted by molar-refractivity contribution is -0.0542. The first kappa shape index (κ1) is 19.6. The minimum Gasteiger partial charge on any atom is -0.772 e. The van der Waals surface area contributed by atoms with Crippen LogP contribution < -0.4 is 0 Å². The van der Waals surface area contributed by atoms with E-state index in [2.05, 4.69) is 4.18 Å². The zero-order chi connectivity index (χ0) is 17.2. The lowest BCUT2D eigenvalue weighted by Gasteiger charge is -2.26. The highest BCUT2D eigenvalue weighted by atomic mass is 127. The Labute approximate surface area is 138 Å². The maximum absolute atomic E-state index is 12.0. The smallest absolute Gasteiger partial charge is 0.523 e. The van der Waals surface area contributed by atoms with Crippen molar-refractivity contribution in [1.29, 1.82) is 0 Å². The summed E-state index contributed by atoms with van der Waals surface area (Å²) in [6, 6.07) is 5.09. The molecule has 0 amide bonds. The number of alkyl halides is 3. The van der Waals surface area contributed by atoms with Gasteiger partial charge in [0, 0.05) is 10.1 Å². The summed E-state index contributed by atoms with van der Waals surface area (Å²) in [5.74, 6) is 0. The molecule has 13 heteroatoms. The quantitative estimate of drug-likeness (QED) is 0.269. The van der Waals surface area contributed by atoms with Gasteiger partial charge in [0.15, 0.2) is 0 Å². The number of hydrogen-bond donors (Lipinski definition) is 0. The molecule has 126 valence electrons. The van der Waals surface area contributed by atoms with Crippen molar-refractivity contribution in [3.05, 3.63) is 33.0 Å². The zero-order valence-corrected chi connectivity index (χ0v) is 14.2. The van der Waals surface area contributed by atoms with E-state index in [1.165, 1.54) is 12.1 Å². The minimum absolute atomic E-state index is 0.374. The number of benzene rings is 1. The zero-order valence-electron chi connectivity index (χ0n) is 10.4. The van der Waals surface area contributed by atoms with Gasteiger partial charge in [-0.3, -0.25) is 8.65 Å². The molecule has 0 heterocycles. The van der Waals surface area contributed by atoms with E-state index in [-0.39, 0.29) is 4.90 Å². The van der Waals surface area contributed by atoms with Gasteiger partial charge in [0.25, 0.3) is 0 Å². The summed E-state index contributed by atoms with van der Waals surface area (Å²) >= 11 is 1.90. The fourth-order valence-electron chi connectivity index (χ4n) is 1.13. The average molecular weight is 474 g/mol. The summed E-state index contributed by atoms with van der Waals surface area (Å²) in [6.45, 7) is -2.36. The van der Waals surface area contributed by atoms with Crippen LogP contribution in [0.2, 0.25) is 0 Å². The molecular formula is C9H8F3INO6S2-. The molecule has 22 heavy (non-hydrogen) atoms. The van der Waals surface area contributed by atoms with E-state index < -0.39 is 43.3 Å². The summed E-state index contributed by atoms with van der Waals surface area (Å²) in [5.41, 5.74) is -5.64. The largest absolute Gasteiger partial charge is 0.772 e. The standard InChI is InChI=1S/C9H8F3INO6S2/c10-9(11,12)22(18,19)20-6-5-14(15)21(16,17)8-3-1-7(13)2-4-8/h1-4H,5-6H2/q-1. The average Bonchev–Trinajstić information content (AvgIpc) is 2.37. The molecule has 0 saturated carbocycles. The molecule has 0 aliphatic rings. The molecule has 0 fully saturated rings. The number of rotatable bonds is 6. The van der Waals surface area contributed by atoms with Crippen molar-refractivity contribution in [3.63, 3.8) is 0 Å². The lowest BCUT2D eigenvalue weighted by Crippen LogP contribution is -2.32. The Hall–Kier alpha value is -0.480. The van der Waals surface area contributed by atoms with E-state index in [1.54, 1.807) is 0 Å². The molecule has 0 unspecified atom stereocenters. The van der Waals surface area contributed by atoms with Crippen molar-refractivity contribution < 1.29 is 34.2 Å². The van der Waals surface area contributed by atoms with Gasteiger partial charge in [-0.05, 0) is 46.9 Å². The van der Waals surface area contributed by atoms with Crippen LogP contribution in [0, 0.1) is 8.78 Å². The molecule has 0 spiro atoms.